The van der Waals surface area contributed by atoms with Crippen LogP contribution in [0.25, 0.3) is 21.5 Å². The number of carbonyl (C=O) groups excluding carboxylic acids is 2. The van der Waals surface area contributed by atoms with Crippen LogP contribution in [0.5, 0.6) is 0 Å². The third kappa shape index (κ3) is 10.2. The molecule has 2 heterocycles. The van der Waals surface area contributed by atoms with Crippen LogP contribution in [-0.4, -0.2) is 70.9 Å². The van der Waals surface area contributed by atoms with Gasteiger partial charge in [0.25, 0.3) is 0 Å². The molecule has 45 heavy (non-hydrogen) atoms. The molecule has 2 saturated heterocycles. The molecule has 0 aliphatic carbocycles. The maximum absolute atomic E-state index is 12.3. The van der Waals surface area contributed by atoms with Gasteiger partial charge in [-0.1, -0.05) is 86.6 Å². The van der Waals surface area contributed by atoms with Gasteiger partial charge in [-0.3, -0.25) is 0 Å². The molecule has 0 unspecified atom stereocenters. The zero-order valence-electron chi connectivity index (χ0n) is 27.0. The second-order valence-electron chi connectivity index (χ2n) is 11.0. The number of aliphatic hydroxyl groups is 1. The zero-order valence-corrected chi connectivity index (χ0v) is 30.2. The minimum absolute atomic E-state index is 0. The Balaban J connectivity index is 0.000000246. The molecule has 9 heteroatoms. The fourth-order valence-electron chi connectivity index (χ4n) is 4.79. The largest absolute Gasteiger partial charge is 1.00 e. The predicted molar refractivity (Wildman–Crippen MR) is 170 cm³/mol. The van der Waals surface area contributed by atoms with Crippen molar-refractivity contribution < 1.29 is 90.1 Å². The van der Waals surface area contributed by atoms with E-state index in [9.17, 15) is 9.59 Å². The quantitative estimate of drug-likeness (QED) is 0.242. The topological polar surface area (TPSA) is 114 Å². The van der Waals surface area contributed by atoms with Gasteiger partial charge >= 0.3 is 63.3 Å². The molecular weight excluding hydrogens is 599 g/mol. The van der Waals surface area contributed by atoms with E-state index in [0.717, 1.165) is 54.7 Å². The molecule has 0 aromatic heterocycles. The van der Waals surface area contributed by atoms with E-state index in [0.29, 0.717) is 30.9 Å². The van der Waals surface area contributed by atoms with E-state index in [1.807, 2.05) is 78.9 Å². The van der Waals surface area contributed by atoms with Gasteiger partial charge in [-0.05, 0) is 46.5 Å². The van der Waals surface area contributed by atoms with Gasteiger partial charge < -0.3 is 29.2 Å². The molecule has 0 radical (unpaired) electrons. The van der Waals surface area contributed by atoms with Gasteiger partial charge in [-0.15, -0.1) is 0 Å². The van der Waals surface area contributed by atoms with Crippen LogP contribution in [0.15, 0.2) is 84.9 Å². The predicted octanol–water partition coefficient (Wildman–Crippen LogP) is 2.44. The average molecular weight is 643 g/mol. The van der Waals surface area contributed by atoms with Crippen molar-refractivity contribution in [3.63, 3.8) is 0 Å². The summed E-state index contributed by atoms with van der Waals surface area (Å²) in [5.74, 6) is -0.539. The molecule has 8 nitrogen and oxygen atoms in total. The first-order chi connectivity index (χ1) is 21.4. The molecule has 4 aromatic rings. The number of ether oxygens (including phenoxy) is 4. The Labute approximate surface area is 308 Å². The van der Waals surface area contributed by atoms with Crippen molar-refractivity contribution in [3.05, 3.63) is 96.1 Å². The van der Waals surface area contributed by atoms with Crippen molar-refractivity contribution in [2.45, 2.75) is 26.7 Å². The van der Waals surface area contributed by atoms with Gasteiger partial charge in [-0.25, -0.2) is 9.59 Å². The van der Waals surface area contributed by atoms with E-state index >= 15 is 0 Å². The van der Waals surface area contributed by atoms with Gasteiger partial charge in [0.1, 0.15) is 6.61 Å². The van der Waals surface area contributed by atoms with Gasteiger partial charge in [0, 0.05) is 5.41 Å². The molecule has 2 fully saturated rings. The number of hydrogen-bond acceptors (Lipinski definition) is 8. The number of rotatable bonds is 7. The Morgan fingerprint density at radius 1 is 0.711 bits per heavy atom. The van der Waals surface area contributed by atoms with Crippen molar-refractivity contribution in [3.8, 4) is 0 Å². The second kappa shape index (κ2) is 19.5. The number of fused-ring (bicyclic) bond motifs is 2. The first-order valence-electron chi connectivity index (χ1n) is 14.8. The number of methoxy groups -OCH3 is 1. The van der Waals surface area contributed by atoms with Crippen molar-refractivity contribution in [2.75, 3.05) is 53.9 Å². The van der Waals surface area contributed by atoms with Crippen LogP contribution in [0.2, 0.25) is 0 Å². The first-order valence-corrected chi connectivity index (χ1v) is 14.8. The van der Waals surface area contributed by atoms with Crippen LogP contribution < -0.4 is 56.5 Å². The fraction of sp³-hybridized carbons (Fsp3) is 0.389. The second-order valence-corrected chi connectivity index (χ2v) is 11.0. The fourth-order valence-corrected chi connectivity index (χ4v) is 4.79. The molecule has 4 aromatic carbocycles. The minimum Gasteiger partial charge on any atom is -0.857 e. The molecule has 0 atom stereocenters. The molecule has 2 aliphatic rings. The molecular formula is C36H43KO8. The summed E-state index contributed by atoms with van der Waals surface area (Å²) in [6.07, 6.45) is 2.00. The molecule has 0 amide bonds. The third-order valence-corrected chi connectivity index (χ3v) is 8.18. The van der Waals surface area contributed by atoms with Crippen molar-refractivity contribution in [2.24, 2.45) is 10.8 Å². The summed E-state index contributed by atoms with van der Waals surface area (Å²) < 4.78 is 20.4. The summed E-state index contributed by atoms with van der Waals surface area (Å²) in [5.41, 5.74) is 1.42. The van der Waals surface area contributed by atoms with E-state index in [1.165, 1.54) is 7.11 Å². The van der Waals surface area contributed by atoms with Crippen LogP contribution in [0.4, 0.5) is 0 Å². The van der Waals surface area contributed by atoms with E-state index in [1.54, 1.807) is 6.07 Å². The zero-order chi connectivity index (χ0) is 32.0. The van der Waals surface area contributed by atoms with Crippen molar-refractivity contribution in [1.29, 1.82) is 0 Å². The Bertz CT molecular complexity index is 1470. The number of esters is 2. The Morgan fingerprint density at radius 3 is 1.49 bits per heavy atom. The average Bonchev–Trinajstić information content (AvgIpc) is 3.05. The summed E-state index contributed by atoms with van der Waals surface area (Å²) in [7, 11) is 2.14. The Morgan fingerprint density at radius 2 is 1.13 bits per heavy atom. The molecule has 0 bridgehead atoms. The van der Waals surface area contributed by atoms with Gasteiger partial charge in [0.05, 0.1) is 56.7 Å². The third-order valence-electron chi connectivity index (χ3n) is 8.18. The van der Waals surface area contributed by atoms with E-state index in [-0.39, 0.29) is 80.8 Å². The Hall–Kier alpha value is -2.18. The summed E-state index contributed by atoms with van der Waals surface area (Å²) >= 11 is 0. The molecule has 0 saturated carbocycles. The summed E-state index contributed by atoms with van der Waals surface area (Å²) in [5, 5.41) is 21.0. The number of carbonyl (C=O) groups is 2. The summed E-state index contributed by atoms with van der Waals surface area (Å²) in [4.78, 5) is 23.7. The molecule has 6 rings (SSSR count). The maximum Gasteiger partial charge on any atom is 1.00 e. The van der Waals surface area contributed by atoms with E-state index in [4.69, 9.17) is 29.2 Å². The maximum atomic E-state index is 12.3. The molecule has 1 N–H and O–H groups in total. The molecule has 236 valence electrons. The summed E-state index contributed by atoms with van der Waals surface area (Å²) in [6, 6.07) is 26.9. The van der Waals surface area contributed by atoms with Gasteiger partial charge in [0.15, 0.2) is 0 Å². The Kier molecular flexibility index (Phi) is 16.9. The molecule has 2 aliphatic heterocycles. The first kappa shape index (κ1) is 39.0. The normalized spacial score (nSPS) is 15.1. The standard InChI is InChI=1S/C17H18O3.C12H10O2.C6H12O2.CH3O.K/c1-2-17(10-19-11-17)12-20-16(18)15-9-5-7-13-6-3-4-8-14(13)15;1-14-12(13)11-8-4-6-9-5-2-3-7-10(9)11;1-2-6(3-7)4-8-5-6;1-2;/h3-9H,2,10-12H2,1H3;2-8H,1H3;7H,2-5H2,1H3;1H3;/q;;;-1;+1. The van der Waals surface area contributed by atoms with E-state index < -0.39 is 0 Å². The monoisotopic (exact) mass is 642 g/mol. The van der Waals surface area contributed by atoms with Crippen LogP contribution in [0.3, 0.4) is 0 Å². The smallest absolute Gasteiger partial charge is 0.857 e. The SMILES string of the molecule is CCC1(CO)COC1.CCC1(COC(=O)c2cccc3ccccc23)COC1.COC(=O)c1cccc2ccccc12.C[O-].[K+]. The summed E-state index contributed by atoms with van der Waals surface area (Å²) in [6.45, 7) is 7.78. The van der Waals surface area contributed by atoms with Crippen molar-refractivity contribution >= 4 is 33.5 Å². The van der Waals surface area contributed by atoms with Crippen LogP contribution in [-0.2, 0) is 18.9 Å². The van der Waals surface area contributed by atoms with E-state index in [2.05, 4.69) is 13.8 Å². The molecule has 0 spiro atoms. The van der Waals surface area contributed by atoms with Crippen LogP contribution in [0, 0.1) is 10.8 Å². The van der Waals surface area contributed by atoms with Crippen molar-refractivity contribution in [1.82, 2.24) is 0 Å². The number of aliphatic hydroxyl groups excluding tert-OH is 1. The van der Waals surface area contributed by atoms with Gasteiger partial charge in [0.2, 0.25) is 0 Å². The number of benzene rings is 4. The number of hydrogen-bond donors (Lipinski definition) is 1. The van der Waals surface area contributed by atoms with Crippen LogP contribution >= 0.6 is 0 Å². The van der Waals surface area contributed by atoms with Crippen LogP contribution in [0.1, 0.15) is 47.4 Å². The minimum atomic E-state index is -0.290. The van der Waals surface area contributed by atoms with Gasteiger partial charge in [-0.2, -0.15) is 7.11 Å².